The van der Waals surface area contributed by atoms with Gasteiger partial charge in [-0.05, 0) is 31.0 Å². The molecule has 162 valence electrons. The van der Waals surface area contributed by atoms with Crippen LogP contribution in [0.2, 0.25) is 0 Å². The van der Waals surface area contributed by atoms with Gasteiger partial charge in [-0.25, -0.2) is 8.42 Å². The number of piperidine rings is 1. The van der Waals surface area contributed by atoms with Gasteiger partial charge in [0.1, 0.15) is 0 Å². The summed E-state index contributed by atoms with van der Waals surface area (Å²) in [6.45, 7) is 0.441. The average molecular weight is 441 g/mol. The number of carbonyl (C=O) groups is 2. The van der Waals surface area contributed by atoms with Crippen molar-refractivity contribution in [3.05, 3.63) is 66.4 Å². The van der Waals surface area contributed by atoms with Gasteiger partial charge in [0.25, 0.3) is 5.91 Å². The number of sulfonamides is 1. The molecule has 1 atom stereocenters. The number of para-hydroxylation sites is 1. The van der Waals surface area contributed by atoms with Crippen LogP contribution in [0, 0.1) is 5.92 Å². The predicted molar refractivity (Wildman–Crippen MR) is 116 cm³/mol. The van der Waals surface area contributed by atoms with Crippen molar-refractivity contribution in [1.82, 2.24) is 19.7 Å². The van der Waals surface area contributed by atoms with Gasteiger partial charge in [0.2, 0.25) is 15.9 Å². The van der Waals surface area contributed by atoms with Crippen molar-refractivity contribution in [2.24, 2.45) is 13.0 Å². The van der Waals surface area contributed by atoms with E-state index in [0.29, 0.717) is 24.9 Å². The number of hydrogen-bond donors (Lipinski definition) is 2. The van der Waals surface area contributed by atoms with Crippen molar-refractivity contribution in [2.45, 2.75) is 17.7 Å². The topological polar surface area (TPSA) is 101 Å². The minimum atomic E-state index is -3.66. The number of hydrazine groups is 1. The zero-order chi connectivity index (χ0) is 22.0. The molecule has 4 rings (SSSR count). The number of nitrogens with zero attached hydrogens (tertiary/aromatic N) is 2. The second kappa shape index (κ2) is 8.52. The minimum absolute atomic E-state index is 0.0766. The van der Waals surface area contributed by atoms with Crippen molar-refractivity contribution in [3.8, 4) is 0 Å². The summed E-state index contributed by atoms with van der Waals surface area (Å²) < 4.78 is 28.9. The third-order valence-corrected chi connectivity index (χ3v) is 7.46. The average Bonchev–Trinajstić information content (AvgIpc) is 3.15. The highest BCUT2D eigenvalue weighted by atomic mass is 32.2. The van der Waals surface area contributed by atoms with Gasteiger partial charge in [0, 0.05) is 37.2 Å². The highest BCUT2D eigenvalue weighted by molar-refractivity contribution is 7.89. The van der Waals surface area contributed by atoms with Crippen molar-refractivity contribution in [1.29, 1.82) is 0 Å². The maximum absolute atomic E-state index is 12.9. The Kier molecular flexibility index (Phi) is 5.79. The van der Waals surface area contributed by atoms with E-state index in [2.05, 4.69) is 10.9 Å². The number of aryl methyl sites for hydroxylation is 1. The monoisotopic (exact) mass is 440 g/mol. The molecular formula is C22H24N4O4S. The second-order valence-electron chi connectivity index (χ2n) is 7.63. The number of amides is 2. The quantitative estimate of drug-likeness (QED) is 0.607. The molecule has 31 heavy (non-hydrogen) atoms. The van der Waals surface area contributed by atoms with E-state index in [1.54, 1.807) is 36.5 Å². The van der Waals surface area contributed by atoms with E-state index >= 15 is 0 Å². The summed E-state index contributed by atoms with van der Waals surface area (Å²) >= 11 is 0. The maximum atomic E-state index is 12.9. The first kappa shape index (κ1) is 21.1. The van der Waals surface area contributed by atoms with Gasteiger partial charge >= 0.3 is 0 Å². The fourth-order valence-corrected chi connectivity index (χ4v) is 5.47. The lowest BCUT2D eigenvalue weighted by atomic mass is 9.99. The molecule has 9 heteroatoms. The molecule has 1 aliphatic rings. The Balaban J connectivity index is 1.41. The van der Waals surface area contributed by atoms with Crippen LogP contribution in [0.25, 0.3) is 10.9 Å². The van der Waals surface area contributed by atoms with Gasteiger partial charge in [-0.1, -0.05) is 36.4 Å². The molecule has 0 saturated carbocycles. The molecule has 1 saturated heterocycles. The lowest BCUT2D eigenvalue weighted by Gasteiger charge is -2.31. The number of carbonyl (C=O) groups excluding carboxylic acids is 2. The highest BCUT2D eigenvalue weighted by Crippen LogP contribution is 2.24. The molecule has 2 heterocycles. The largest absolute Gasteiger partial charge is 0.350 e. The fourth-order valence-electron chi connectivity index (χ4n) is 3.93. The lowest BCUT2D eigenvalue weighted by molar-refractivity contribution is -0.126. The van der Waals surface area contributed by atoms with Crippen LogP contribution in [0.5, 0.6) is 0 Å². The van der Waals surface area contributed by atoms with Crippen LogP contribution in [-0.4, -0.2) is 42.2 Å². The van der Waals surface area contributed by atoms with Crippen LogP contribution in [0.15, 0.2) is 65.7 Å². The van der Waals surface area contributed by atoms with Crippen LogP contribution in [0.4, 0.5) is 0 Å². The number of hydrogen-bond acceptors (Lipinski definition) is 4. The molecule has 0 aliphatic carbocycles. The maximum Gasteiger partial charge on any atom is 0.271 e. The fraction of sp³-hybridized carbons (Fsp3) is 0.273. The zero-order valence-electron chi connectivity index (χ0n) is 17.1. The van der Waals surface area contributed by atoms with Crippen LogP contribution in [-0.2, 0) is 21.9 Å². The molecule has 8 nitrogen and oxygen atoms in total. The molecule has 1 unspecified atom stereocenters. The van der Waals surface area contributed by atoms with E-state index in [9.17, 15) is 18.0 Å². The Bertz CT molecular complexity index is 1220. The van der Waals surface area contributed by atoms with Gasteiger partial charge in [-0.3, -0.25) is 20.4 Å². The van der Waals surface area contributed by atoms with E-state index in [1.807, 2.05) is 35.9 Å². The SMILES string of the molecule is Cn1cc(C(=O)NNC(=O)C2CCCN(S(=O)(=O)c3ccccc3)C2)c2ccccc21. The molecule has 0 bridgehead atoms. The Hall–Kier alpha value is -3.17. The van der Waals surface area contributed by atoms with Crippen molar-refractivity contribution >= 4 is 32.7 Å². The Labute approximate surface area is 180 Å². The molecule has 1 aliphatic heterocycles. The summed E-state index contributed by atoms with van der Waals surface area (Å²) in [7, 11) is -1.81. The third-order valence-electron chi connectivity index (χ3n) is 5.58. The van der Waals surface area contributed by atoms with E-state index < -0.39 is 27.8 Å². The first-order valence-electron chi connectivity index (χ1n) is 10.1. The highest BCUT2D eigenvalue weighted by Gasteiger charge is 2.33. The van der Waals surface area contributed by atoms with Gasteiger partial charge in [-0.2, -0.15) is 4.31 Å². The smallest absolute Gasteiger partial charge is 0.271 e. The molecule has 2 N–H and O–H groups in total. The predicted octanol–water partition coefficient (Wildman–Crippen LogP) is 2.04. The molecule has 1 fully saturated rings. The summed E-state index contributed by atoms with van der Waals surface area (Å²) in [5.74, 6) is -1.36. The first-order chi connectivity index (χ1) is 14.9. The van der Waals surface area contributed by atoms with Crippen molar-refractivity contribution in [3.63, 3.8) is 0 Å². The molecular weight excluding hydrogens is 416 g/mol. The Morgan fingerprint density at radius 3 is 2.48 bits per heavy atom. The molecule has 2 amide bonds. The normalized spacial score (nSPS) is 17.4. The number of aromatic nitrogens is 1. The zero-order valence-corrected chi connectivity index (χ0v) is 17.9. The molecule has 2 aromatic carbocycles. The number of rotatable bonds is 4. The Morgan fingerprint density at radius 2 is 1.71 bits per heavy atom. The molecule has 3 aromatic rings. The van der Waals surface area contributed by atoms with Crippen molar-refractivity contribution in [2.75, 3.05) is 13.1 Å². The van der Waals surface area contributed by atoms with Crippen molar-refractivity contribution < 1.29 is 18.0 Å². The summed E-state index contributed by atoms with van der Waals surface area (Å²) in [4.78, 5) is 25.5. The van der Waals surface area contributed by atoms with Crippen LogP contribution in [0.1, 0.15) is 23.2 Å². The van der Waals surface area contributed by atoms with E-state index in [4.69, 9.17) is 0 Å². The Morgan fingerprint density at radius 1 is 1.00 bits per heavy atom. The summed E-state index contributed by atoms with van der Waals surface area (Å²) in [5.41, 5.74) is 6.30. The number of benzene rings is 2. The second-order valence-corrected chi connectivity index (χ2v) is 9.57. The number of nitrogens with one attached hydrogen (secondary N) is 2. The lowest BCUT2D eigenvalue weighted by Crippen LogP contribution is -2.50. The third kappa shape index (κ3) is 4.19. The van der Waals surface area contributed by atoms with E-state index in [-0.39, 0.29) is 11.4 Å². The molecule has 1 aromatic heterocycles. The number of fused-ring (bicyclic) bond motifs is 1. The van der Waals surface area contributed by atoms with Gasteiger partial charge < -0.3 is 4.57 Å². The molecule has 0 radical (unpaired) electrons. The van der Waals surface area contributed by atoms with Gasteiger partial charge in [-0.15, -0.1) is 0 Å². The standard InChI is InChI=1S/C22H24N4O4S/c1-25-15-19(18-11-5-6-12-20(18)25)22(28)24-23-21(27)16-8-7-13-26(14-16)31(29,30)17-9-3-2-4-10-17/h2-6,9-12,15-16H,7-8,13-14H2,1H3,(H,23,27)(H,24,28). The van der Waals surface area contributed by atoms with Crippen LogP contribution < -0.4 is 10.9 Å². The minimum Gasteiger partial charge on any atom is -0.350 e. The summed E-state index contributed by atoms with van der Waals surface area (Å²) in [6.07, 6.45) is 2.83. The van der Waals surface area contributed by atoms with Crippen LogP contribution in [0.3, 0.4) is 0 Å². The van der Waals surface area contributed by atoms with Gasteiger partial charge in [0.15, 0.2) is 0 Å². The van der Waals surface area contributed by atoms with E-state index in [1.165, 1.54) is 4.31 Å². The molecule has 0 spiro atoms. The van der Waals surface area contributed by atoms with Crippen LogP contribution >= 0.6 is 0 Å². The summed E-state index contributed by atoms with van der Waals surface area (Å²) in [5, 5.41) is 0.787. The first-order valence-corrected chi connectivity index (χ1v) is 11.5. The summed E-state index contributed by atoms with van der Waals surface area (Å²) in [6, 6.07) is 15.7. The van der Waals surface area contributed by atoms with Gasteiger partial charge in [0.05, 0.1) is 16.4 Å². The van der Waals surface area contributed by atoms with E-state index in [0.717, 1.165) is 10.9 Å².